The molecule has 0 spiro atoms. The number of carboxylic acid groups (broad SMARTS) is 1. The molecular weight excluding hydrogens is 244 g/mol. The topological polar surface area (TPSA) is 119 Å². The van der Waals surface area contributed by atoms with Gasteiger partial charge < -0.3 is 15.3 Å². The lowest BCUT2D eigenvalue weighted by Crippen LogP contribution is -2.38. The monoisotopic (exact) mass is 258 g/mol. The normalized spacial score (nSPS) is 23.6. The number of hydrogen-bond donors (Lipinski definition) is 2. The smallest absolute Gasteiger partial charge is 0.328 e. The summed E-state index contributed by atoms with van der Waals surface area (Å²) in [5.74, 6) is -1.66. The second kappa shape index (κ2) is 6.58. The molecule has 2 N–H and O–H groups in total. The van der Waals surface area contributed by atoms with Crippen molar-refractivity contribution in [2.24, 2.45) is 0 Å². The van der Waals surface area contributed by atoms with Crippen LogP contribution in [0.4, 0.5) is 0 Å². The molecule has 8 heteroatoms. The van der Waals surface area contributed by atoms with Crippen molar-refractivity contribution in [2.45, 2.75) is 37.8 Å². The number of nitrogens with one attached hydrogen (secondary N) is 1. The van der Waals surface area contributed by atoms with Crippen LogP contribution in [-0.2, 0) is 14.4 Å². The van der Waals surface area contributed by atoms with Crippen molar-refractivity contribution < 1.29 is 24.6 Å². The fraction of sp³-hybridized carbons (Fsp3) is 0.600. The van der Waals surface area contributed by atoms with E-state index in [0.717, 1.165) is 12.2 Å². The quantitative estimate of drug-likeness (QED) is 0.415. The Hall–Kier alpha value is -2.12. The Morgan fingerprint density at radius 3 is 2.39 bits per heavy atom. The summed E-state index contributed by atoms with van der Waals surface area (Å²) in [7, 11) is 0. The Labute approximate surface area is 103 Å². The maximum atomic E-state index is 11.3. The Kier molecular flexibility index (Phi) is 5.09. The molecule has 0 aromatic carbocycles. The average Bonchev–Trinajstić information content (AvgIpc) is 2.28. The van der Waals surface area contributed by atoms with Crippen LogP contribution in [0.2, 0.25) is 0 Å². The maximum Gasteiger partial charge on any atom is 0.328 e. The summed E-state index contributed by atoms with van der Waals surface area (Å²) in [5.41, 5.74) is 0. The summed E-state index contributed by atoms with van der Waals surface area (Å²) in [6, 6.07) is -0.0949. The molecule has 8 nitrogen and oxygen atoms in total. The molecule has 1 aliphatic carbocycles. The largest absolute Gasteiger partial charge is 0.478 e. The van der Waals surface area contributed by atoms with Gasteiger partial charge in [-0.2, -0.15) is 0 Å². The number of carbonyl (C=O) groups is 2. The molecule has 1 amide bonds. The van der Waals surface area contributed by atoms with Crippen LogP contribution in [0.1, 0.15) is 25.7 Å². The van der Waals surface area contributed by atoms with Crippen molar-refractivity contribution in [1.29, 1.82) is 0 Å². The fourth-order valence-corrected chi connectivity index (χ4v) is 1.83. The zero-order valence-corrected chi connectivity index (χ0v) is 9.57. The van der Waals surface area contributed by atoms with Crippen LogP contribution in [0.5, 0.6) is 0 Å². The number of aliphatic carboxylic acids is 1. The van der Waals surface area contributed by atoms with Crippen molar-refractivity contribution in [2.75, 3.05) is 0 Å². The van der Waals surface area contributed by atoms with Gasteiger partial charge >= 0.3 is 5.97 Å². The van der Waals surface area contributed by atoms with Crippen LogP contribution < -0.4 is 5.32 Å². The molecule has 1 aliphatic rings. The Morgan fingerprint density at radius 1 is 1.28 bits per heavy atom. The third kappa shape index (κ3) is 5.28. The molecular formula is C10H14N2O6. The first-order valence-electron chi connectivity index (χ1n) is 5.50. The second-order valence-electron chi connectivity index (χ2n) is 3.98. The van der Waals surface area contributed by atoms with E-state index in [-0.39, 0.29) is 6.04 Å². The fourth-order valence-electron chi connectivity index (χ4n) is 1.83. The predicted molar refractivity (Wildman–Crippen MR) is 59.0 cm³/mol. The SMILES string of the molecule is O=C(O)/C=C\C(=O)NC1CCC(O[N+](=O)[O-])CC1. The lowest BCUT2D eigenvalue weighted by molar-refractivity contribution is -0.769. The second-order valence-corrected chi connectivity index (χ2v) is 3.98. The van der Waals surface area contributed by atoms with Crippen molar-refractivity contribution >= 4 is 11.9 Å². The van der Waals surface area contributed by atoms with Gasteiger partial charge in [-0.25, -0.2) is 4.79 Å². The zero-order chi connectivity index (χ0) is 13.5. The molecule has 1 fully saturated rings. The van der Waals surface area contributed by atoms with E-state index >= 15 is 0 Å². The van der Waals surface area contributed by atoms with Crippen LogP contribution in [0, 0.1) is 10.1 Å². The zero-order valence-electron chi connectivity index (χ0n) is 9.57. The van der Waals surface area contributed by atoms with Crippen LogP contribution >= 0.6 is 0 Å². The molecule has 0 radical (unpaired) electrons. The van der Waals surface area contributed by atoms with Gasteiger partial charge in [0.05, 0.1) is 0 Å². The molecule has 0 unspecified atom stereocenters. The first kappa shape index (κ1) is 13.9. The molecule has 1 rings (SSSR count). The highest BCUT2D eigenvalue weighted by Gasteiger charge is 2.24. The van der Waals surface area contributed by atoms with E-state index in [0.29, 0.717) is 25.7 Å². The standard InChI is InChI=1S/C10H14N2O6/c13-9(5-6-10(14)15)11-7-1-3-8(4-2-7)18-12(16)17/h5-8H,1-4H2,(H,11,13)(H,14,15)/b6-5-. The van der Waals surface area contributed by atoms with E-state index in [9.17, 15) is 19.7 Å². The molecule has 0 heterocycles. The Morgan fingerprint density at radius 2 is 1.89 bits per heavy atom. The summed E-state index contributed by atoms with van der Waals surface area (Å²) >= 11 is 0. The van der Waals surface area contributed by atoms with Gasteiger partial charge in [0.2, 0.25) is 5.91 Å². The van der Waals surface area contributed by atoms with Crippen molar-refractivity contribution in [3.63, 3.8) is 0 Å². The number of carbonyl (C=O) groups excluding carboxylic acids is 1. The van der Waals surface area contributed by atoms with Gasteiger partial charge in [-0.15, -0.1) is 10.1 Å². The van der Waals surface area contributed by atoms with Gasteiger partial charge in [0, 0.05) is 18.2 Å². The van der Waals surface area contributed by atoms with Gasteiger partial charge in [0.25, 0.3) is 5.09 Å². The predicted octanol–water partition coefficient (Wildman–Crippen LogP) is 0.263. The third-order valence-electron chi connectivity index (χ3n) is 2.63. The van der Waals surface area contributed by atoms with Crippen LogP contribution in [0.25, 0.3) is 0 Å². The van der Waals surface area contributed by atoms with Gasteiger partial charge in [0.15, 0.2) is 0 Å². The third-order valence-corrected chi connectivity index (χ3v) is 2.63. The minimum Gasteiger partial charge on any atom is -0.478 e. The van der Waals surface area contributed by atoms with E-state index < -0.39 is 23.1 Å². The summed E-state index contributed by atoms with van der Waals surface area (Å²) in [6.07, 6.45) is 3.43. The first-order chi connectivity index (χ1) is 8.47. The average molecular weight is 258 g/mol. The van der Waals surface area contributed by atoms with E-state index in [1.165, 1.54) is 0 Å². The lowest BCUT2D eigenvalue weighted by Gasteiger charge is -2.27. The van der Waals surface area contributed by atoms with Crippen molar-refractivity contribution in [3.8, 4) is 0 Å². The molecule has 1 saturated carbocycles. The summed E-state index contributed by atoms with van der Waals surface area (Å²) in [6.45, 7) is 0. The molecule has 0 aromatic rings. The summed E-state index contributed by atoms with van der Waals surface area (Å²) in [5, 5.41) is 20.3. The molecule has 100 valence electrons. The van der Waals surface area contributed by atoms with Crippen LogP contribution in [0.15, 0.2) is 12.2 Å². The molecule has 0 atom stereocenters. The van der Waals surface area contributed by atoms with E-state index in [2.05, 4.69) is 10.2 Å². The van der Waals surface area contributed by atoms with E-state index in [1.54, 1.807) is 0 Å². The molecule has 18 heavy (non-hydrogen) atoms. The van der Waals surface area contributed by atoms with E-state index in [4.69, 9.17) is 5.11 Å². The highest BCUT2D eigenvalue weighted by atomic mass is 17.0. The minimum absolute atomic E-state index is 0.0949. The molecule has 0 aliphatic heterocycles. The number of rotatable bonds is 5. The van der Waals surface area contributed by atoms with Gasteiger partial charge in [-0.1, -0.05) is 0 Å². The van der Waals surface area contributed by atoms with Crippen molar-refractivity contribution in [3.05, 3.63) is 22.3 Å². The van der Waals surface area contributed by atoms with Gasteiger partial charge in [-0.3, -0.25) is 4.79 Å². The molecule has 0 bridgehead atoms. The minimum atomic E-state index is -1.19. The van der Waals surface area contributed by atoms with Crippen LogP contribution in [-0.4, -0.2) is 34.2 Å². The van der Waals surface area contributed by atoms with E-state index in [1.807, 2.05) is 0 Å². The summed E-state index contributed by atoms with van der Waals surface area (Å²) in [4.78, 5) is 36.0. The highest BCUT2D eigenvalue weighted by Crippen LogP contribution is 2.21. The summed E-state index contributed by atoms with van der Waals surface area (Å²) < 4.78 is 0. The Balaban J connectivity index is 2.29. The first-order valence-corrected chi connectivity index (χ1v) is 5.50. The Bertz CT molecular complexity index is 359. The molecule has 0 aromatic heterocycles. The number of nitrogens with zero attached hydrogens (tertiary/aromatic N) is 1. The van der Waals surface area contributed by atoms with Gasteiger partial charge in [0.1, 0.15) is 6.10 Å². The van der Waals surface area contributed by atoms with Crippen molar-refractivity contribution in [1.82, 2.24) is 5.32 Å². The number of amides is 1. The van der Waals surface area contributed by atoms with Crippen LogP contribution in [0.3, 0.4) is 0 Å². The maximum absolute atomic E-state index is 11.3. The number of hydrogen-bond acceptors (Lipinski definition) is 5. The lowest BCUT2D eigenvalue weighted by atomic mass is 9.93. The molecule has 0 saturated heterocycles. The van der Waals surface area contributed by atoms with Gasteiger partial charge in [-0.05, 0) is 25.7 Å². The highest BCUT2D eigenvalue weighted by molar-refractivity contribution is 5.93. The number of carboxylic acids is 1.